The number of nitrogens with zero attached hydrogens (tertiary/aromatic N) is 3. The zero-order valence-corrected chi connectivity index (χ0v) is 19.2. The van der Waals surface area contributed by atoms with Crippen LogP contribution in [0.2, 0.25) is 0 Å². The summed E-state index contributed by atoms with van der Waals surface area (Å²) in [6.07, 6.45) is 2.70. The quantitative estimate of drug-likeness (QED) is 0.484. The molecule has 1 saturated heterocycles. The minimum absolute atomic E-state index is 0.0113. The molecular formula is C23H27N3O2S2. The van der Waals surface area contributed by atoms with Crippen LogP contribution in [0.4, 0.5) is 4.79 Å². The van der Waals surface area contributed by atoms with E-state index in [0.717, 1.165) is 40.2 Å². The lowest BCUT2D eigenvalue weighted by molar-refractivity contribution is 0.0525. The van der Waals surface area contributed by atoms with Crippen molar-refractivity contribution in [3.63, 3.8) is 0 Å². The van der Waals surface area contributed by atoms with E-state index in [-0.39, 0.29) is 11.5 Å². The molecule has 30 heavy (non-hydrogen) atoms. The number of hydrogen-bond acceptors (Lipinski definition) is 5. The monoisotopic (exact) mass is 441 g/mol. The van der Waals surface area contributed by atoms with Crippen molar-refractivity contribution in [1.29, 1.82) is 0 Å². The molecular weight excluding hydrogens is 414 g/mol. The average molecular weight is 442 g/mol. The zero-order valence-electron chi connectivity index (χ0n) is 17.5. The Morgan fingerprint density at radius 1 is 1.30 bits per heavy atom. The fourth-order valence-corrected chi connectivity index (χ4v) is 6.17. The molecule has 1 aromatic carbocycles. The SMILES string of the molecule is CC(C)(C)C1CC(c2nc(CSc3cccc4cccnc34)cs2)CCN1C(=O)O. The van der Waals surface area contributed by atoms with Gasteiger partial charge < -0.3 is 10.0 Å². The number of para-hydroxylation sites is 1. The molecule has 3 aromatic rings. The molecule has 2 aromatic heterocycles. The Hall–Kier alpha value is -2.12. The lowest BCUT2D eigenvalue weighted by Crippen LogP contribution is -2.51. The van der Waals surface area contributed by atoms with E-state index >= 15 is 0 Å². The molecule has 1 aliphatic heterocycles. The van der Waals surface area contributed by atoms with Crippen molar-refractivity contribution in [3.05, 3.63) is 52.6 Å². The van der Waals surface area contributed by atoms with E-state index in [1.165, 1.54) is 4.90 Å². The smallest absolute Gasteiger partial charge is 0.407 e. The molecule has 1 aliphatic rings. The predicted octanol–water partition coefficient (Wildman–Crippen LogP) is 6.26. The van der Waals surface area contributed by atoms with Gasteiger partial charge in [-0.05, 0) is 30.4 Å². The number of hydrogen-bond donors (Lipinski definition) is 1. The number of amides is 1. The van der Waals surface area contributed by atoms with Gasteiger partial charge in [0.2, 0.25) is 0 Å². The van der Waals surface area contributed by atoms with Crippen molar-refractivity contribution >= 4 is 40.1 Å². The van der Waals surface area contributed by atoms with Crippen LogP contribution in [0.15, 0.2) is 46.8 Å². The van der Waals surface area contributed by atoms with Crippen molar-refractivity contribution < 1.29 is 9.90 Å². The lowest BCUT2D eigenvalue weighted by atomic mass is 9.77. The molecule has 0 aliphatic carbocycles. The lowest BCUT2D eigenvalue weighted by Gasteiger charge is -2.44. The van der Waals surface area contributed by atoms with Gasteiger partial charge in [-0.2, -0.15) is 0 Å². The molecule has 1 fully saturated rings. The van der Waals surface area contributed by atoms with Gasteiger partial charge in [0.05, 0.1) is 16.2 Å². The summed E-state index contributed by atoms with van der Waals surface area (Å²) in [7, 11) is 0. The molecule has 0 spiro atoms. The number of carboxylic acid groups (broad SMARTS) is 1. The Labute approximate surface area is 185 Å². The van der Waals surface area contributed by atoms with Crippen LogP contribution in [0.5, 0.6) is 0 Å². The number of piperidine rings is 1. The van der Waals surface area contributed by atoms with Crippen molar-refractivity contribution in [1.82, 2.24) is 14.9 Å². The van der Waals surface area contributed by atoms with Crippen LogP contribution >= 0.6 is 23.1 Å². The van der Waals surface area contributed by atoms with Crippen molar-refractivity contribution in [2.75, 3.05) is 6.54 Å². The highest BCUT2D eigenvalue weighted by Crippen LogP contribution is 2.40. The Balaban J connectivity index is 1.46. The van der Waals surface area contributed by atoms with Gasteiger partial charge >= 0.3 is 6.09 Å². The predicted molar refractivity (Wildman–Crippen MR) is 123 cm³/mol. The number of aromatic nitrogens is 2. The summed E-state index contributed by atoms with van der Waals surface area (Å²) in [5, 5.41) is 14.0. The summed E-state index contributed by atoms with van der Waals surface area (Å²) >= 11 is 3.48. The molecule has 0 radical (unpaired) electrons. The first-order valence-electron chi connectivity index (χ1n) is 10.2. The van der Waals surface area contributed by atoms with E-state index < -0.39 is 6.09 Å². The van der Waals surface area contributed by atoms with Gasteiger partial charge in [-0.3, -0.25) is 4.98 Å². The third kappa shape index (κ3) is 4.47. The third-order valence-corrected chi connectivity index (χ3v) is 7.87. The molecule has 2 unspecified atom stereocenters. The first-order valence-corrected chi connectivity index (χ1v) is 12.1. The van der Waals surface area contributed by atoms with E-state index in [2.05, 4.69) is 55.4 Å². The molecule has 4 rings (SSSR count). The molecule has 5 nitrogen and oxygen atoms in total. The first kappa shape index (κ1) is 21.1. The third-order valence-electron chi connectivity index (χ3n) is 5.74. The van der Waals surface area contributed by atoms with E-state index in [1.54, 1.807) is 28.0 Å². The highest BCUT2D eigenvalue weighted by atomic mass is 32.2. The second kappa shape index (κ2) is 8.55. The van der Waals surface area contributed by atoms with Crippen LogP contribution in [0.3, 0.4) is 0 Å². The van der Waals surface area contributed by atoms with Gasteiger partial charge in [0.1, 0.15) is 0 Å². The van der Waals surface area contributed by atoms with Gasteiger partial charge in [-0.15, -0.1) is 23.1 Å². The highest BCUT2D eigenvalue weighted by molar-refractivity contribution is 7.98. The molecule has 3 heterocycles. The van der Waals surface area contributed by atoms with Crippen LogP contribution in [0, 0.1) is 5.41 Å². The Morgan fingerprint density at radius 2 is 2.10 bits per heavy atom. The van der Waals surface area contributed by atoms with E-state index in [9.17, 15) is 9.90 Å². The van der Waals surface area contributed by atoms with E-state index in [0.29, 0.717) is 12.5 Å². The van der Waals surface area contributed by atoms with Gasteiger partial charge in [0.25, 0.3) is 0 Å². The molecule has 0 bridgehead atoms. The maximum absolute atomic E-state index is 11.7. The van der Waals surface area contributed by atoms with Crippen LogP contribution in [0.25, 0.3) is 10.9 Å². The summed E-state index contributed by atoms with van der Waals surface area (Å²) in [5.74, 6) is 1.14. The molecule has 2 atom stereocenters. The summed E-state index contributed by atoms with van der Waals surface area (Å²) in [6, 6.07) is 10.3. The van der Waals surface area contributed by atoms with Crippen molar-refractivity contribution in [2.24, 2.45) is 5.41 Å². The largest absolute Gasteiger partial charge is 0.465 e. The van der Waals surface area contributed by atoms with Gasteiger partial charge in [-0.25, -0.2) is 9.78 Å². The number of thioether (sulfide) groups is 1. The first-order chi connectivity index (χ1) is 14.3. The van der Waals surface area contributed by atoms with Crippen LogP contribution < -0.4 is 0 Å². The van der Waals surface area contributed by atoms with Gasteiger partial charge in [0, 0.05) is 46.1 Å². The molecule has 1 amide bonds. The Kier molecular flexibility index (Phi) is 6.02. The zero-order chi connectivity index (χ0) is 21.3. The summed E-state index contributed by atoms with van der Waals surface area (Å²) in [6.45, 7) is 6.95. The standard InChI is InChI=1S/C23H27N3O2S2/c1-23(2,3)19-12-16(9-11-26(19)22(27)28)21-25-17(14-30-21)13-29-18-8-4-6-15-7-5-10-24-20(15)18/h4-8,10,14,16,19H,9,11-13H2,1-3H3,(H,27,28). The summed E-state index contributed by atoms with van der Waals surface area (Å²) in [4.78, 5) is 23.9. The fraction of sp³-hybridized carbons (Fsp3) is 0.435. The van der Waals surface area contributed by atoms with Crippen LogP contribution in [-0.2, 0) is 5.75 Å². The average Bonchev–Trinajstić information content (AvgIpc) is 3.20. The minimum atomic E-state index is -0.812. The van der Waals surface area contributed by atoms with Crippen molar-refractivity contribution in [2.45, 2.75) is 56.2 Å². The second-order valence-corrected chi connectivity index (χ2v) is 10.8. The topological polar surface area (TPSA) is 66.3 Å². The molecule has 1 N–H and O–H groups in total. The fourth-order valence-electron chi connectivity index (χ4n) is 4.16. The molecule has 7 heteroatoms. The normalized spacial score (nSPS) is 19.9. The van der Waals surface area contributed by atoms with Crippen LogP contribution in [-0.4, -0.2) is 38.7 Å². The summed E-state index contributed by atoms with van der Waals surface area (Å²) < 4.78 is 0. The Morgan fingerprint density at radius 3 is 2.87 bits per heavy atom. The van der Waals surface area contributed by atoms with Crippen LogP contribution in [0.1, 0.15) is 50.2 Å². The number of thiazole rings is 1. The maximum atomic E-state index is 11.7. The minimum Gasteiger partial charge on any atom is -0.465 e. The maximum Gasteiger partial charge on any atom is 0.407 e. The number of likely N-dealkylation sites (tertiary alicyclic amines) is 1. The number of carbonyl (C=O) groups is 1. The number of benzene rings is 1. The van der Waals surface area contributed by atoms with Gasteiger partial charge in [-0.1, -0.05) is 39.0 Å². The highest BCUT2D eigenvalue weighted by Gasteiger charge is 2.39. The van der Waals surface area contributed by atoms with Gasteiger partial charge in [0.15, 0.2) is 0 Å². The second-order valence-electron chi connectivity index (χ2n) is 8.88. The molecule has 158 valence electrons. The number of pyridine rings is 1. The summed E-state index contributed by atoms with van der Waals surface area (Å²) in [5.41, 5.74) is 2.03. The number of fused-ring (bicyclic) bond motifs is 1. The number of rotatable bonds is 4. The van der Waals surface area contributed by atoms with E-state index in [4.69, 9.17) is 4.98 Å². The van der Waals surface area contributed by atoms with Crippen molar-refractivity contribution in [3.8, 4) is 0 Å². The molecule has 0 saturated carbocycles. The Bertz CT molecular complexity index is 1040. The van der Waals surface area contributed by atoms with E-state index in [1.807, 2.05) is 12.3 Å².